The van der Waals surface area contributed by atoms with Gasteiger partial charge in [0.1, 0.15) is 6.61 Å². The lowest BCUT2D eigenvalue weighted by Gasteiger charge is -2.04. The maximum absolute atomic E-state index is 11.6. The van der Waals surface area contributed by atoms with Gasteiger partial charge in [0.2, 0.25) is 0 Å². The lowest BCUT2D eigenvalue weighted by molar-refractivity contribution is -0.138. The number of aryl methyl sites for hydroxylation is 2. The molecule has 2 rings (SSSR count). The van der Waals surface area contributed by atoms with Gasteiger partial charge in [-0.1, -0.05) is 23.7 Å². The Morgan fingerprint density at radius 3 is 2.67 bits per heavy atom. The van der Waals surface area contributed by atoms with E-state index in [0.717, 1.165) is 17.0 Å². The molecule has 0 saturated carbocycles. The zero-order valence-corrected chi connectivity index (χ0v) is 12.8. The van der Waals surface area contributed by atoms with Gasteiger partial charge in [-0.15, -0.1) is 0 Å². The molecule has 1 aromatic carbocycles. The van der Waals surface area contributed by atoms with Gasteiger partial charge in [0.25, 0.3) is 0 Å². The molecule has 21 heavy (non-hydrogen) atoms. The van der Waals surface area contributed by atoms with Crippen molar-refractivity contribution in [3.8, 4) is 0 Å². The molecule has 1 heterocycles. The number of ether oxygens (including phenoxy) is 1. The number of esters is 1. The summed E-state index contributed by atoms with van der Waals surface area (Å²) in [4.78, 5) is 11.6. The third kappa shape index (κ3) is 4.76. The lowest BCUT2D eigenvalue weighted by Crippen LogP contribution is -2.11. The average Bonchev–Trinajstić information content (AvgIpc) is 2.76. The van der Waals surface area contributed by atoms with Crippen molar-refractivity contribution < 1.29 is 9.53 Å². The van der Waals surface area contributed by atoms with Crippen molar-refractivity contribution in [3.63, 3.8) is 0 Å². The lowest BCUT2D eigenvalue weighted by atomic mass is 10.2. The molecule has 0 spiro atoms. The SMILES string of the molecule is Cc1cc(C)n(CCOC(=O)/C=C/c2ccc(Cl)cc2)n1. The Balaban J connectivity index is 1.79. The molecule has 0 radical (unpaired) electrons. The fourth-order valence-corrected chi connectivity index (χ4v) is 2.05. The summed E-state index contributed by atoms with van der Waals surface area (Å²) in [7, 11) is 0. The molecule has 0 fully saturated rings. The van der Waals surface area contributed by atoms with Crippen molar-refractivity contribution in [1.82, 2.24) is 9.78 Å². The Morgan fingerprint density at radius 1 is 1.33 bits per heavy atom. The topological polar surface area (TPSA) is 44.1 Å². The molecular formula is C16H17ClN2O2. The van der Waals surface area contributed by atoms with Gasteiger partial charge in [-0.05, 0) is 43.7 Å². The summed E-state index contributed by atoms with van der Waals surface area (Å²) in [6.07, 6.45) is 3.10. The van der Waals surface area contributed by atoms with Gasteiger partial charge >= 0.3 is 5.97 Å². The fourth-order valence-electron chi connectivity index (χ4n) is 1.92. The van der Waals surface area contributed by atoms with E-state index in [2.05, 4.69) is 5.10 Å². The minimum Gasteiger partial charge on any atom is -0.461 e. The van der Waals surface area contributed by atoms with Gasteiger partial charge in [-0.25, -0.2) is 4.79 Å². The third-order valence-corrected chi connectivity index (χ3v) is 3.18. The van der Waals surface area contributed by atoms with Gasteiger partial charge in [-0.2, -0.15) is 5.10 Å². The van der Waals surface area contributed by atoms with Crippen LogP contribution in [0.4, 0.5) is 0 Å². The van der Waals surface area contributed by atoms with Gasteiger partial charge in [-0.3, -0.25) is 4.68 Å². The summed E-state index contributed by atoms with van der Waals surface area (Å²) < 4.78 is 6.97. The quantitative estimate of drug-likeness (QED) is 0.628. The van der Waals surface area contributed by atoms with Crippen LogP contribution in [0.2, 0.25) is 5.02 Å². The van der Waals surface area contributed by atoms with Crippen LogP contribution in [0.1, 0.15) is 17.0 Å². The number of benzene rings is 1. The van der Waals surface area contributed by atoms with E-state index in [-0.39, 0.29) is 5.97 Å². The second-order valence-electron chi connectivity index (χ2n) is 4.70. The van der Waals surface area contributed by atoms with Crippen molar-refractivity contribution in [2.24, 2.45) is 0 Å². The highest BCUT2D eigenvalue weighted by atomic mass is 35.5. The summed E-state index contributed by atoms with van der Waals surface area (Å²) in [6.45, 7) is 4.76. The van der Waals surface area contributed by atoms with Crippen LogP contribution >= 0.6 is 11.6 Å². The zero-order chi connectivity index (χ0) is 15.2. The number of hydrogen-bond donors (Lipinski definition) is 0. The van der Waals surface area contributed by atoms with E-state index in [1.807, 2.05) is 36.7 Å². The summed E-state index contributed by atoms with van der Waals surface area (Å²) in [5, 5.41) is 4.97. The molecule has 2 aromatic rings. The third-order valence-electron chi connectivity index (χ3n) is 2.93. The van der Waals surface area contributed by atoms with Crippen molar-refractivity contribution >= 4 is 23.6 Å². The molecule has 0 unspecified atom stereocenters. The molecule has 0 aliphatic heterocycles. The minimum absolute atomic E-state index is 0.297. The molecule has 0 saturated heterocycles. The number of carbonyl (C=O) groups excluding carboxylic acids is 1. The average molecular weight is 305 g/mol. The highest BCUT2D eigenvalue weighted by molar-refractivity contribution is 6.30. The Morgan fingerprint density at radius 2 is 2.05 bits per heavy atom. The van der Waals surface area contributed by atoms with Crippen LogP contribution in [-0.4, -0.2) is 22.4 Å². The summed E-state index contributed by atoms with van der Waals surface area (Å²) in [5.74, 6) is -0.369. The van der Waals surface area contributed by atoms with E-state index in [1.54, 1.807) is 18.2 Å². The molecule has 110 valence electrons. The zero-order valence-electron chi connectivity index (χ0n) is 12.0. The Labute approximate surface area is 129 Å². The largest absolute Gasteiger partial charge is 0.461 e. The molecular weight excluding hydrogens is 288 g/mol. The van der Waals surface area contributed by atoms with Gasteiger partial charge in [0.15, 0.2) is 0 Å². The first kappa shape index (κ1) is 15.3. The molecule has 0 aliphatic carbocycles. The second kappa shape index (κ2) is 7.09. The number of aromatic nitrogens is 2. The van der Waals surface area contributed by atoms with Gasteiger partial charge < -0.3 is 4.74 Å². The summed E-state index contributed by atoms with van der Waals surface area (Å²) in [6, 6.07) is 9.21. The Kier molecular flexibility index (Phi) is 5.17. The van der Waals surface area contributed by atoms with Crippen molar-refractivity contribution in [2.45, 2.75) is 20.4 Å². The standard InChI is InChI=1S/C16H17ClN2O2/c1-12-11-13(2)19(18-12)9-10-21-16(20)8-5-14-3-6-15(17)7-4-14/h3-8,11H,9-10H2,1-2H3/b8-5+. The van der Waals surface area contributed by atoms with Crippen molar-refractivity contribution in [3.05, 3.63) is 58.4 Å². The van der Waals surface area contributed by atoms with E-state index in [1.165, 1.54) is 6.08 Å². The van der Waals surface area contributed by atoms with Crippen LogP contribution in [0.15, 0.2) is 36.4 Å². The van der Waals surface area contributed by atoms with E-state index < -0.39 is 0 Å². The minimum atomic E-state index is -0.369. The van der Waals surface area contributed by atoms with Crippen LogP contribution < -0.4 is 0 Å². The van der Waals surface area contributed by atoms with E-state index >= 15 is 0 Å². The fraction of sp³-hybridized carbons (Fsp3) is 0.250. The molecule has 4 nitrogen and oxygen atoms in total. The number of halogens is 1. The van der Waals surface area contributed by atoms with E-state index in [9.17, 15) is 4.79 Å². The van der Waals surface area contributed by atoms with Crippen LogP contribution in [-0.2, 0) is 16.1 Å². The highest BCUT2D eigenvalue weighted by Gasteiger charge is 2.02. The maximum Gasteiger partial charge on any atom is 0.330 e. The predicted molar refractivity (Wildman–Crippen MR) is 83.1 cm³/mol. The van der Waals surface area contributed by atoms with Crippen LogP contribution in [0.3, 0.4) is 0 Å². The van der Waals surface area contributed by atoms with E-state index in [0.29, 0.717) is 18.2 Å². The first-order chi connectivity index (χ1) is 10.0. The molecule has 0 amide bonds. The molecule has 0 bridgehead atoms. The maximum atomic E-state index is 11.6. The van der Waals surface area contributed by atoms with Crippen LogP contribution in [0, 0.1) is 13.8 Å². The van der Waals surface area contributed by atoms with Crippen LogP contribution in [0.25, 0.3) is 6.08 Å². The normalized spacial score (nSPS) is 11.0. The number of hydrogen-bond acceptors (Lipinski definition) is 3. The monoisotopic (exact) mass is 304 g/mol. The van der Waals surface area contributed by atoms with E-state index in [4.69, 9.17) is 16.3 Å². The van der Waals surface area contributed by atoms with Crippen molar-refractivity contribution in [2.75, 3.05) is 6.61 Å². The van der Waals surface area contributed by atoms with Gasteiger partial charge in [0, 0.05) is 16.8 Å². The first-order valence-corrected chi connectivity index (χ1v) is 7.04. The predicted octanol–water partition coefficient (Wildman–Crippen LogP) is 3.41. The first-order valence-electron chi connectivity index (χ1n) is 6.66. The summed E-state index contributed by atoms with van der Waals surface area (Å²) in [5.41, 5.74) is 2.91. The smallest absolute Gasteiger partial charge is 0.330 e. The van der Waals surface area contributed by atoms with Gasteiger partial charge in [0.05, 0.1) is 12.2 Å². The van der Waals surface area contributed by atoms with Crippen molar-refractivity contribution in [1.29, 1.82) is 0 Å². The number of carbonyl (C=O) groups is 1. The molecule has 1 aromatic heterocycles. The summed E-state index contributed by atoms with van der Waals surface area (Å²) >= 11 is 5.79. The highest BCUT2D eigenvalue weighted by Crippen LogP contribution is 2.10. The number of nitrogens with zero attached hydrogens (tertiary/aromatic N) is 2. The molecule has 0 atom stereocenters. The molecule has 0 aliphatic rings. The molecule has 0 N–H and O–H groups in total. The Hall–Kier alpha value is -2.07. The van der Waals surface area contributed by atoms with Crippen LogP contribution in [0.5, 0.6) is 0 Å². The molecule has 5 heteroatoms. The second-order valence-corrected chi connectivity index (χ2v) is 5.14. The Bertz CT molecular complexity index is 645. The number of rotatable bonds is 5.